The van der Waals surface area contributed by atoms with Gasteiger partial charge in [-0.1, -0.05) is 51.3 Å². The SMILES string of the molecule is Cc1cccc(C(C)C)c1NS(=O)(=O)c1ccc(O[C@@H](C)C(=O)NC2CCCCC2)cc1. The van der Waals surface area contributed by atoms with Gasteiger partial charge >= 0.3 is 0 Å². The van der Waals surface area contributed by atoms with Gasteiger partial charge in [-0.05, 0) is 68.0 Å². The maximum absolute atomic E-state index is 13.0. The van der Waals surface area contributed by atoms with Crippen LogP contribution in [0.15, 0.2) is 47.4 Å². The number of hydrogen-bond acceptors (Lipinski definition) is 4. The number of amides is 1. The maximum atomic E-state index is 13.0. The number of para-hydroxylation sites is 1. The van der Waals surface area contributed by atoms with E-state index < -0.39 is 16.1 Å². The van der Waals surface area contributed by atoms with Gasteiger partial charge in [-0.2, -0.15) is 0 Å². The van der Waals surface area contributed by atoms with Gasteiger partial charge in [0.15, 0.2) is 6.10 Å². The molecule has 0 aliphatic heterocycles. The van der Waals surface area contributed by atoms with Crippen molar-refractivity contribution in [1.29, 1.82) is 0 Å². The molecule has 32 heavy (non-hydrogen) atoms. The summed E-state index contributed by atoms with van der Waals surface area (Å²) in [5, 5.41) is 3.05. The second-order valence-electron chi connectivity index (χ2n) is 8.87. The molecular weight excluding hydrogens is 424 g/mol. The van der Waals surface area contributed by atoms with E-state index in [-0.39, 0.29) is 22.8 Å². The van der Waals surface area contributed by atoms with Crippen molar-refractivity contribution in [1.82, 2.24) is 5.32 Å². The first-order valence-electron chi connectivity index (χ1n) is 11.4. The molecule has 1 aliphatic rings. The molecule has 0 unspecified atom stereocenters. The van der Waals surface area contributed by atoms with Crippen molar-refractivity contribution in [3.05, 3.63) is 53.6 Å². The van der Waals surface area contributed by atoms with Gasteiger partial charge in [0.1, 0.15) is 5.75 Å². The average molecular weight is 459 g/mol. The number of hydrogen-bond donors (Lipinski definition) is 2. The number of carbonyl (C=O) groups is 1. The average Bonchev–Trinajstić information content (AvgIpc) is 2.76. The topological polar surface area (TPSA) is 84.5 Å². The van der Waals surface area contributed by atoms with Gasteiger partial charge in [-0.3, -0.25) is 9.52 Å². The number of benzene rings is 2. The lowest BCUT2D eigenvalue weighted by Gasteiger charge is -2.24. The van der Waals surface area contributed by atoms with E-state index in [2.05, 4.69) is 10.0 Å². The summed E-state index contributed by atoms with van der Waals surface area (Å²) in [6.45, 7) is 7.66. The van der Waals surface area contributed by atoms with Crippen LogP contribution in [0.1, 0.15) is 69.9 Å². The van der Waals surface area contributed by atoms with Crippen molar-refractivity contribution in [3.63, 3.8) is 0 Å². The first-order valence-corrected chi connectivity index (χ1v) is 12.8. The molecule has 2 aromatic rings. The largest absolute Gasteiger partial charge is 0.481 e. The highest BCUT2D eigenvalue weighted by Gasteiger charge is 2.22. The third-order valence-corrected chi connectivity index (χ3v) is 7.30. The Balaban J connectivity index is 1.66. The van der Waals surface area contributed by atoms with Crippen LogP contribution < -0.4 is 14.8 Å². The molecule has 1 amide bonds. The van der Waals surface area contributed by atoms with E-state index >= 15 is 0 Å². The van der Waals surface area contributed by atoms with Gasteiger partial charge in [0.2, 0.25) is 0 Å². The number of nitrogens with one attached hydrogen (secondary N) is 2. The van der Waals surface area contributed by atoms with E-state index in [1.165, 1.54) is 18.6 Å². The van der Waals surface area contributed by atoms with E-state index in [0.717, 1.165) is 36.8 Å². The predicted octanol–water partition coefficient (Wildman–Crippen LogP) is 5.14. The van der Waals surface area contributed by atoms with E-state index in [4.69, 9.17) is 4.74 Å². The first kappa shape index (κ1) is 24.1. The lowest BCUT2D eigenvalue weighted by Crippen LogP contribution is -2.43. The molecule has 6 nitrogen and oxygen atoms in total. The Kier molecular flexibility index (Phi) is 7.82. The van der Waals surface area contributed by atoms with Gasteiger partial charge < -0.3 is 10.1 Å². The molecule has 0 heterocycles. The summed E-state index contributed by atoms with van der Waals surface area (Å²) in [5.41, 5.74) is 2.44. The van der Waals surface area contributed by atoms with Crippen molar-refractivity contribution >= 4 is 21.6 Å². The smallest absolute Gasteiger partial charge is 0.261 e. The monoisotopic (exact) mass is 458 g/mol. The zero-order chi connectivity index (χ0) is 23.3. The molecule has 0 aromatic heterocycles. The lowest BCUT2D eigenvalue weighted by atomic mass is 9.95. The molecule has 0 spiro atoms. The summed E-state index contributed by atoms with van der Waals surface area (Å²) < 4.78 is 34.4. The molecule has 174 valence electrons. The number of sulfonamides is 1. The Morgan fingerprint density at radius 3 is 2.28 bits per heavy atom. The highest BCUT2D eigenvalue weighted by Crippen LogP contribution is 2.30. The zero-order valence-electron chi connectivity index (χ0n) is 19.4. The zero-order valence-corrected chi connectivity index (χ0v) is 20.2. The fourth-order valence-electron chi connectivity index (χ4n) is 4.02. The molecule has 1 aliphatic carbocycles. The van der Waals surface area contributed by atoms with Crippen molar-refractivity contribution in [2.45, 2.75) is 82.8 Å². The van der Waals surface area contributed by atoms with Crippen LogP contribution in [0.25, 0.3) is 0 Å². The summed E-state index contributed by atoms with van der Waals surface area (Å²) >= 11 is 0. The first-order chi connectivity index (χ1) is 15.2. The number of ether oxygens (including phenoxy) is 1. The molecule has 2 aromatic carbocycles. The van der Waals surface area contributed by atoms with Crippen LogP contribution in [0.4, 0.5) is 5.69 Å². The summed E-state index contributed by atoms with van der Waals surface area (Å²) in [6.07, 6.45) is 4.88. The Hall–Kier alpha value is -2.54. The fourth-order valence-corrected chi connectivity index (χ4v) is 5.18. The highest BCUT2D eigenvalue weighted by molar-refractivity contribution is 7.92. The number of rotatable bonds is 8. The van der Waals surface area contributed by atoms with Gasteiger partial charge in [-0.25, -0.2) is 8.42 Å². The number of carbonyl (C=O) groups excluding carboxylic acids is 1. The highest BCUT2D eigenvalue weighted by atomic mass is 32.2. The van der Waals surface area contributed by atoms with E-state index in [9.17, 15) is 13.2 Å². The molecule has 2 N–H and O–H groups in total. The quantitative estimate of drug-likeness (QED) is 0.574. The maximum Gasteiger partial charge on any atom is 0.261 e. The molecule has 1 saturated carbocycles. The molecule has 3 rings (SSSR count). The molecule has 7 heteroatoms. The van der Waals surface area contributed by atoms with Crippen LogP contribution in [-0.4, -0.2) is 26.5 Å². The van der Waals surface area contributed by atoms with Crippen LogP contribution in [0.2, 0.25) is 0 Å². The van der Waals surface area contributed by atoms with Gasteiger partial charge in [0.25, 0.3) is 15.9 Å². The van der Waals surface area contributed by atoms with E-state index in [0.29, 0.717) is 11.4 Å². The van der Waals surface area contributed by atoms with Crippen molar-refractivity contribution in [2.24, 2.45) is 0 Å². The van der Waals surface area contributed by atoms with E-state index in [1.807, 2.05) is 39.0 Å². The summed E-state index contributed by atoms with van der Waals surface area (Å²) in [5.74, 6) is 0.495. The van der Waals surface area contributed by atoms with Crippen LogP contribution in [0.3, 0.4) is 0 Å². The van der Waals surface area contributed by atoms with Gasteiger partial charge in [0.05, 0.1) is 10.6 Å². The summed E-state index contributed by atoms with van der Waals surface area (Å²) in [7, 11) is -3.76. The third-order valence-electron chi connectivity index (χ3n) is 5.93. The molecule has 1 atom stereocenters. The number of aryl methyl sites for hydroxylation is 1. The molecule has 0 bridgehead atoms. The number of anilines is 1. The van der Waals surface area contributed by atoms with E-state index in [1.54, 1.807) is 19.1 Å². The second kappa shape index (κ2) is 10.4. The Labute approximate surface area is 191 Å². The standard InChI is InChI=1S/C25H34N2O4S/c1-17(2)23-12-8-9-18(3)24(23)27-32(29,30)22-15-13-21(14-16-22)31-19(4)25(28)26-20-10-6-5-7-11-20/h8-9,12-17,19-20,27H,5-7,10-11H2,1-4H3,(H,26,28)/t19-/m0/s1. The van der Waals surface area contributed by atoms with Gasteiger partial charge in [-0.15, -0.1) is 0 Å². The minimum atomic E-state index is -3.76. The molecular formula is C25H34N2O4S. The van der Waals surface area contributed by atoms with Crippen molar-refractivity contribution in [2.75, 3.05) is 4.72 Å². The minimum absolute atomic E-state index is 0.141. The summed E-state index contributed by atoms with van der Waals surface area (Å²) in [4.78, 5) is 12.6. The third kappa shape index (κ3) is 6.03. The fraction of sp³-hybridized carbons (Fsp3) is 0.480. The van der Waals surface area contributed by atoms with Crippen LogP contribution >= 0.6 is 0 Å². The molecule has 1 fully saturated rings. The molecule has 0 radical (unpaired) electrons. The Morgan fingerprint density at radius 1 is 1.00 bits per heavy atom. The summed E-state index contributed by atoms with van der Waals surface area (Å²) in [6, 6.07) is 12.1. The minimum Gasteiger partial charge on any atom is -0.481 e. The van der Waals surface area contributed by atoms with Gasteiger partial charge in [0, 0.05) is 6.04 Å². The molecule has 0 saturated heterocycles. The van der Waals surface area contributed by atoms with Crippen LogP contribution in [-0.2, 0) is 14.8 Å². The lowest BCUT2D eigenvalue weighted by molar-refractivity contribution is -0.128. The van der Waals surface area contributed by atoms with Crippen LogP contribution in [0.5, 0.6) is 5.75 Å². The van der Waals surface area contributed by atoms with Crippen molar-refractivity contribution < 1.29 is 17.9 Å². The normalized spacial score (nSPS) is 15.9. The Bertz CT molecular complexity index is 1030. The second-order valence-corrected chi connectivity index (χ2v) is 10.6. The predicted molar refractivity (Wildman–Crippen MR) is 128 cm³/mol. The van der Waals surface area contributed by atoms with Crippen LogP contribution in [0, 0.1) is 6.92 Å². The Morgan fingerprint density at radius 2 is 1.66 bits per heavy atom. The van der Waals surface area contributed by atoms with Crippen molar-refractivity contribution in [3.8, 4) is 5.75 Å².